The van der Waals surface area contributed by atoms with Gasteiger partial charge < -0.3 is 62.0 Å². The molecule has 0 heterocycles. The van der Waals surface area contributed by atoms with Gasteiger partial charge in [-0.25, -0.2) is 9.59 Å². The van der Waals surface area contributed by atoms with Crippen LogP contribution in [0.2, 0.25) is 0 Å². The molecule has 10 N–H and O–H groups in total. The second-order valence-electron chi connectivity index (χ2n) is 5.24. The van der Waals surface area contributed by atoms with Gasteiger partial charge in [0.1, 0.15) is 0 Å². The number of aliphatic imine (C=N–C) groups is 1. The molecular formula is C32H92N12O6SY-2. The van der Waals surface area contributed by atoms with Gasteiger partial charge in [-0.05, 0) is 19.4 Å². The molecule has 0 saturated heterocycles. The van der Waals surface area contributed by atoms with Gasteiger partial charge in [-0.3, -0.25) is 24.8 Å². The molecule has 0 aliphatic carbocycles. The fourth-order valence-electron chi connectivity index (χ4n) is 0.827. The Labute approximate surface area is 354 Å². The van der Waals surface area contributed by atoms with E-state index in [1.807, 2.05) is 33.3 Å². The second-order valence-corrected chi connectivity index (χ2v) is 6.02. The molecule has 0 aromatic heterocycles. The Balaban J connectivity index is -0.0000000157. The molecule has 0 aliphatic rings. The first-order chi connectivity index (χ1) is 19.8. The standard InChI is InChI=1S/C4H8N2O2.C4H9N.C3H8N2.C3H7NO2.C3H7NOS.C2H7N3.C2H6N2O.C2H5.8CH4.CH3.Y/c1-5-3(7)4(8)6-2;1-3-4-5-2;1-4-3-5-2;2*1-4-3(5)6-2;1-3-5-4-2;1-4-2(3)5;1-2;;;;;;;;;;/h1-2H3,(H,5,7)(H,6,8);3-5H,1-2H3;3H,1-2H3,(H,4,5);2*1-2H3,(H,4,5);1-2H3,(H,3,4);1H3,(H3,3,4,5);1H2,2H3;8*1H4;1H3;/q;;;;;;;-1;;;;;;;;;-1;. The smallest absolute Gasteiger partial charge is 0.406 e. The van der Waals surface area contributed by atoms with Crippen molar-refractivity contribution in [1.82, 2.24) is 42.6 Å². The normalized spacial score (nSPS) is 6.29. The predicted molar refractivity (Wildman–Crippen MR) is 235 cm³/mol. The number of ether oxygens (including phenoxy) is 1. The van der Waals surface area contributed by atoms with Crippen molar-refractivity contribution in [2.45, 2.75) is 73.3 Å². The van der Waals surface area contributed by atoms with Crippen LogP contribution < -0.4 is 48.4 Å². The van der Waals surface area contributed by atoms with Crippen LogP contribution in [-0.4, -0.2) is 119 Å². The summed E-state index contributed by atoms with van der Waals surface area (Å²) < 4.78 is 4.15. The van der Waals surface area contributed by atoms with E-state index in [1.54, 1.807) is 47.7 Å². The van der Waals surface area contributed by atoms with E-state index < -0.39 is 23.9 Å². The van der Waals surface area contributed by atoms with Crippen LogP contribution in [-0.2, 0) is 47.0 Å². The maximum absolute atomic E-state index is 10.2. The van der Waals surface area contributed by atoms with E-state index in [2.05, 4.69) is 75.4 Å². The number of nitrogens with zero attached hydrogens (tertiary/aromatic N) is 3. The fraction of sp³-hybridized carbons (Fsp3) is 0.688. The minimum absolute atomic E-state index is 0. The van der Waals surface area contributed by atoms with Gasteiger partial charge in [-0.15, -0.1) is 0 Å². The third-order valence-electron chi connectivity index (χ3n) is 2.48. The number of amides is 6. The molecule has 0 atom stereocenters. The minimum Gasteiger partial charge on any atom is -0.453 e. The Hall–Kier alpha value is -3.19. The van der Waals surface area contributed by atoms with Crippen LogP contribution in [0, 0.1) is 14.4 Å². The molecule has 1 radical (unpaired) electrons. The van der Waals surface area contributed by atoms with Gasteiger partial charge in [-0.1, -0.05) is 82.5 Å². The van der Waals surface area contributed by atoms with Crippen molar-refractivity contribution < 1.29 is 61.4 Å². The number of alkyl carbamates (subject to hydrolysis) is 1. The van der Waals surface area contributed by atoms with Crippen LogP contribution in [0.4, 0.5) is 14.4 Å². The largest absolute Gasteiger partial charge is 0.453 e. The Kier molecular flexibility index (Phi) is 306. The van der Waals surface area contributed by atoms with Gasteiger partial charge >= 0.3 is 23.9 Å². The van der Waals surface area contributed by atoms with Gasteiger partial charge in [-0.2, -0.15) is 12.0 Å². The summed E-state index contributed by atoms with van der Waals surface area (Å²) in [7, 11) is 17.4. The Morgan fingerprint density at radius 1 is 0.692 bits per heavy atom. The first-order valence-electron chi connectivity index (χ1n) is 11.8. The van der Waals surface area contributed by atoms with E-state index in [9.17, 15) is 24.0 Å². The van der Waals surface area contributed by atoms with Crippen molar-refractivity contribution >= 4 is 47.3 Å². The Morgan fingerprint density at radius 2 is 1.04 bits per heavy atom. The minimum atomic E-state index is -0.618. The summed E-state index contributed by atoms with van der Waals surface area (Å²) in [6.07, 6.45) is 6.77. The average molecular weight is 862 g/mol. The maximum Gasteiger partial charge on any atom is 0.406 e. The van der Waals surface area contributed by atoms with Crippen molar-refractivity contribution in [2.75, 3.05) is 83.8 Å². The number of thioether (sulfide) groups is 1. The number of allylic oxidation sites excluding steroid dienone is 1. The zero-order valence-corrected chi connectivity index (χ0v) is 32.9. The van der Waals surface area contributed by atoms with Crippen LogP contribution in [0.3, 0.4) is 0 Å². The van der Waals surface area contributed by atoms with Crippen LogP contribution in [0.5, 0.6) is 0 Å². The van der Waals surface area contributed by atoms with Crippen LogP contribution in [0.25, 0.3) is 0 Å². The third-order valence-corrected chi connectivity index (χ3v) is 3.05. The number of methoxy groups -OCH3 is 1. The van der Waals surface area contributed by atoms with Crippen molar-refractivity contribution in [3.05, 3.63) is 26.6 Å². The molecular weight excluding hydrogens is 769 g/mol. The monoisotopic (exact) mass is 862 g/mol. The number of carbonyl (C=O) groups excluding carboxylic acids is 5. The number of likely N-dealkylation sites (N-methyl/N-ethyl adjacent to an activating group) is 2. The van der Waals surface area contributed by atoms with E-state index in [-0.39, 0.29) is 105 Å². The molecule has 0 fully saturated rings. The molecule has 0 saturated carbocycles. The summed E-state index contributed by atoms with van der Waals surface area (Å²) >= 11 is 1.17. The van der Waals surface area contributed by atoms with Gasteiger partial charge in [0.2, 0.25) is 0 Å². The quantitative estimate of drug-likeness (QED) is 0.0424. The summed E-state index contributed by atoms with van der Waals surface area (Å²) in [6, 6.07) is -0.495. The number of nitrogens with one attached hydrogen (secondary N) is 8. The molecule has 6 amide bonds. The third kappa shape index (κ3) is 227. The number of urea groups is 1. The number of primary amides is 1. The summed E-state index contributed by atoms with van der Waals surface area (Å²) in [5, 5.41) is 23.5. The first kappa shape index (κ1) is 118. The fourth-order valence-corrected chi connectivity index (χ4v) is 1.03. The van der Waals surface area contributed by atoms with Crippen LogP contribution in [0.15, 0.2) is 27.6 Å². The van der Waals surface area contributed by atoms with E-state index in [0.29, 0.717) is 0 Å². The molecule has 0 aromatic carbocycles. The van der Waals surface area contributed by atoms with Gasteiger partial charge in [0, 0.05) is 96.1 Å². The maximum atomic E-state index is 10.2. The number of hydrogen-bond acceptors (Lipinski definition) is 11. The number of nitrogens with two attached hydrogens (primary N) is 1. The van der Waals surface area contributed by atoms with E-state index in [0.717, 1.165) is 0 Å². The zero-order chi connectivity index (χ0) is 35.2. The zero-order valence-electron chi connectivity index (χ0n) is 29.3. The molecule has 20 heteroatoms. The SMILES string of the molecule is C.C.C.C.C.C.C.C.CC=CNC.CN=CNC.CN=NNC.CNC(=O)C(=O)NC.CNC(=O)OC.CNC(=O)SC.CNC(N)=O.[CH2-]C.[CH3-].[Y]. The van der Waals surface area contributed by atoms with Crippen molar-refractivity contribution in [3.63, 3.8) is 0 Å². The molecule has 327 valence electrons. The first-order valence-corrected chi connectivity index (χ1v) is 13.0. The average Bonchev–Trinajstić information content (AvgIpc) is 3.03. The van der Waals surface area contributed by atoms with Crippen molar-refractivity contribution in [1.29, 1.82) is 0 Å². The molecule has 0 aliphatic heterocycles. The molecule has 0 rings (SSSR count). The summed E-state index contributed by atoms with van der Waals surface area (Å²) in [5.41, 5.74) is 7.02. The number of hydrogen-bond donors (Lipinski definition) is 9. The van der Waals surface area contributed by atoms with Crippen LogP contribution >= 0.6 is 11.8 Å². The molecule has 52 heavy (non-hydrogen) atoms. The molecule has 0 aromatic rings. The molecule has 0 unspecified atom stereocenters. The Morgan fingerprint density at radius 3 is 1.06 bits per heavy atom. The van der Waals surface area contributed by atoms with E-state index in [1.165, 1.54) is 47.1 Å². The van der Waals surface area contributed by atoms with E-state index in [4.69, 9.17) is 0 Å². The van der Waals surface area contributed by atoms with Gasteiger partial charge in [0.25, 0.3) is 5.24 Å². The summed E-state index contributed by atoms with van der Waals surface area (Å²) in [5.74, 6) is -1.24. The van der Waals surface area contributed by atoms with E-state index >= 15 is 0 Å². The summed E-state index contributed by atoms with van der Waals surface area (Å²) in [4.78, 5) is 53.4. The van der Waals surface area contributed by atoms with Gasteiger partial charge in [0.05, 0.1) is 20.5 Å². The van der Waals surface area contributed by atoms with Gasteiger partial charge in [0.15, 0.2) is 0 Å². The Bertz CT molecular complexity index is 611. The predicted octanol–water partition coefficient (Wildman–Crippen LogP) is 5.61. The molecule has 0 bridgehead atoms. The summed E-state index contributed by atoms with van der Waals surface area (Å²) in [6.45, 7) is 6.97. The van der Waals surface area contributed by atoms with Crippen molar-refractivity contribution in [2.24, 2.45) is 21.1 Å². The molecule has 0 spiro atoms. The number of carbonyl (C=O) groups is 5. The second kappa shape index (κ2) is 135. The van der Waals surface area contributed by atoms with Crippen molar-refractivity contribution in [3.8, 4) is 0 Å². The molecule has 18 nitrogen and oxygen atoms in total. The topological polar surface area (TPSA) is 254 Å². The van der Waals surface area contributed by atoms with Crippen LogP contribution in [0.1, 0.15) is 73.3 Å². The number of rotatable bonds is 3.